The van der Waals surface area contributed by atoms with Gasteiger partial charge in [0, 0.05) is 26.1 Å². The van der Waals surface area contributed by atoms with Crippen molar-refractivity contribution in [2.75, 3.05) is 6.54 Å². The molecule has 0 fully saturated rings. The van der Waals surface area contributed by atoms with Crippen LogP contribution in [0, 0.1) is 0 Å². The van der Waals surface area contributed by atoms with E-state index in [1.807, 2.05) is 25.3 Å². The molecule has 7 nitrogen and oxygen atoms in total. The number of hydrogen-bond donors (Lipinski definition) is 1. The molecular weight excluding hydrogens is 270 g/mol. The molecule has 2 aromatic rings. The molecule has 116 valence electrons. The highest BCUT2D eigenvalue weighted by molar-refractivity contribution is 5.71. The minimum Gasteiger partial charge on any atom is -0.330 e. The Morgan fingerprint density at radius 2 is 1.76 bits per heavy atom. The second-order valence-electron chi connectivity index (χ2n) is 6.36. The lowest BCUT2D eigenvalue weighted by Crippen LogP contribution is -2.37. The molecule has 21 heavy (non-hydrogen) atoms. The van der Waals surface area contributed by atoms with Crippen LogP contribution in [0.15, 0.2) is 9.59 Å². The third-order valence-electron chi connectivity index (χ3n) is 3.60. The van der Waals surface area contributed by atoms with Crippen LogP contribution >= 0.6 is 0 Å². The monoisotopic (exact) mass is 293 g/mol. The predicted octanol–water partition coefficient (Wildman–Crippen LogP) is 0.0800. The Bertz CT molecular complexity index is 789. The van der Waals surface area contributed by atoms with Gasteiger partial charge in [0.25, 0.3) is 5.56 Å². The molecule has 0 aliphatic heterocycles. The minimum absolute atomic E-state index is 0.228. The van der Waals surface area contributed by atoms with Gasteiger partial charge in [0.1, 0.15) is 5.82 Å². The Morgan fingerprint density at radius 3 is 2.29 bits per heavy atom. The van der Waals surface area contributed by atoms with E-state index in [1.165, 1.54) is 11.6 Å². The normalized spacial score (nSPS) is 12.3. The topological polar surface area (TPSA) is 87.8 Å². The number of rotatable bonds is 3. The summed E-state index contributed by atoms with van der Waals surface area (Å²) in [6.45, 7) is 7.27. The largest absolute Gasteiger partial charge is 0.332 e. The van der Waals surface area contributed by atoms with Gasteiger partial charge in [0.2, 0.25) is 0 Å². The van der Waals surface area contributed by atoms with Crippen LogP contribution in [0.25, 0.3) is 11.2 Å². The van der Waals surface area contributed by atoms with Crippen molar-refractivity contribution >= 4 is 11.2 Å². The van der Waals surface area contributed by atoms with E-state index in [2.05, 4.69) is 4.98 Å². The van der Waals surface area contributed by atoms with Crippen LogP contribution < -0.4 is 17.0 Å². The van der Waals surface area contributed by atoms with Crippen LogP contribution in [0.1, 0.15) is 33.0 Å². The van der Waals surface area contributed by atoms with E-state index in [-0.39, 0.29) is 16.7 Å². The molecule has 0 spiro atoms. The molecule has 0 aromatic carbocycles. The highest BCUT2D eigenvalue weighted by atomic mass is 16.2. The number of aryl methyl sites for hydroxylation is 2. The molecule has 0 saturated heterocycles. The summed E-state index contributed by atoms with van der Waals surface area (Å²) in [6.07, 6.45) is 0.751. The van der Waals surface area contributed by atoms with E-state index in [0.717, 1.165) is 16.8 Å². The maximum absolute atomic E-state index is 12.5. The Balaban J connectivity index is 2.94. The van der Waals surface area contributed by atoms with Crippen molar-refractivity contribution in [3.63, 3.8) is 0 Å². The Labute approximate surface area is 123 Å². The highest BCUT2D eigenvalue weighted by Gasteiger charge is 2.26. The molecule has 7 heteroatoms. The number of nitrogens with two attached hydrogens (primary N) is 1. The smallest absolute Gasteiger partial charge is 0.330 e. The van der Waals surface area contributed by atoms with Crippen LogP contribution in [-0.4, -0.2) is 25.2 Å². The van der Waals surface area contributed by atoms with E-state index in [0.29, 0.717) is 24.3 Å². The number of fused-ring (bicyclic) bond motifs is 1. The van der Waals surface area contributed by atoms with Gasteiger partial charge >= 0.3 is 5.69 Å². The summed E-state index contributed by atoms with van der Waals surface area (Å²) in [5.74, 6) is 0.796. The second-order valence-corrected chi connectivity index (χ2v) is 6.36. The third kappa shape index (κ3) is 2.42. The molecule has 0 radical (unpaired) electrons. The zero-order chi connectivity index (χ0) is 15.9. The van der Waals surface area contributed by atoms with Crippen molar-refractivity contribution < 1.29 is 0 Å². The molecule has 0 saturated carbocycles. The summed E-state index contributed by atoms with van der Waals surface area (Å²) in [4.78, 5) is 29.1. The molecule has 0 aliphatic carbocycles. The van der Waals surface area contributed by atoms with Crippen LogP contribution in [0.3, 0.4) is 0 Å². The lowest BCUT2D eigenvalue weighted by atomic mass is 9.95. The lowest BCUT2D eigenvalue weighted by Gasteiger charge is -2.19. The molecule has 2 heterocycles. The van der Waals surface area contributed by atoms with Crippen LogP contribution in [-0.2, 0) is 26.1 Å². The Hall–Kier alpha value is -1.89. The van der Waals surface area contributed by atoms with E-state index in [1.54, 1.807) is 7.05 Å². The van der Waals surface area contributed by atoms with E-state index >= 15 is 0 Å². The molecule has 2 rings (SSSR count). The van der Waals surface area contributed by atoms with Gasteiger partial charge in [0.15, 0.2) is 11.2 Å². The fraction of sp³-hybridized carbons (Fsp3) is 0.643. The quantitative estimate of drug-likeness (QED) is 0.868. The van der Waals surface area contributed by atoms with Crippen molar-refractivity contribution in [1.29, 1.82) is 0 Å². The van der Waals surface area contributed by atoms with Crippen LogP contribution in [0.2, 0.25) is 0 Å². The van der Waals surface area contributed by atoms with Gasteiger partial charge in [-0.05, 0) is 13.0 Å². The van der Waals surface area contributed by atoms with Crippen molar-refractivity contribution in [3.05, 3.63) is 26.7 Å². The first kappa shape index (κ1) is 15.5. The Morgan fingerprint density at radius 1 is 1.14 bits per heavy atom. The van der Waals surface area contributed by atoms with Crippen LogP contribution in [0.4, 0.5) is 0 Å². The van der Waals surface area contributed by atoms with Crippen molar-refractivity contribution in [2.24, 2.45) is 19.8 Å². The van der Waals surface area contributed by atoms with Gasteiger partial charge in [-0.1, -0.05) is 20.8 Å². The number of hydrogen-bond acceptors (Lipinski definition) is 4. The molecule has 0 unspecified atom stereocenters. The van der Waals surface area contributed by atoms with Gasteiger partial charge in [-0.2, -0.15) is 0 Å². The van der Waals surface area contributed by atoms with Gasteiger partial charge in [-0.3, -0.25) is 13.9 Å². The first-order chi connectivity index (χ1) is 9.70. The third-order valence-corrected chi connectivity index (χ3v) is 3.60. The maximum Gasteiger partial charge on any atom is 0.332 e. The summed E-state index contributed by atoms with van der Waals surface area (Å²) >= 11 is 0. The zero-order valence-corrected chi connectivity index (χ0v) is 13.3. The van der Waals surface area contributed by atoms with Crippen molar-refractivity contribution in [3.8, 4) is 0 Å². The van der Waals surface area contributed by atoms with Crippen molar-refractivity contribution in [1.82, 2.24) is 18.7 Å². The minimum atomic E-state index is -0.364. The maximum atomic E-state index is 12.5. The highest BCUT2D eigenvalue weighted by Crippen LogP contribution is 2.24. The van der Waals surface area contributed by atoms with E-state index < -0.39 is 0 Å². The predicted molar refractivity (Wildman–Crippen MR) is 82.6 cm³/mol. The van der Waals surface area contributed by atoms with E-state index in [9.17, 15) is 9.59 Å². The molecular formula is C14H23N5O2. The second kappa shape index (κ2) is 5.14. The molecule has 2 N–H and O–H groups in total. The number of aromatic nitrogens is 4. The summed E-state index contributed by atoms with van der Waals surface area (Å²) in [5.41, 5.74) is 5.60. The standard InChI is InChI=1S/C14H23N5O2/c1-14(2,3)12-16-10-9(19(12)8-6-7-15)11(20)18(5)13(21)17(10)4/h6-8,15H2,1-5H3. The van der Waals surface area contributed by atoms with Crippen molar-refractivity contribution in [2.45, 2.75) is 39.2 Å². The number of imidazole rings is 1. The molecule has 0 amide bonds. The molecule has 2 aromatic heterocycles. The average molecular weight is 293 g/mol. The van der Waals surface area contributed by atoms with E-state index in [4.69, 9.17) is 5.73 Å². The van der Waals surface area contributed by atoms with Gasteiger partial charge in [-0.15, -0.1) is 0 Å². The number of nitrogens with zero attached hydrogens (tertiary/aromatic N) is 4. The SMILES string of the molecule is Cn1c(=O)c2c(nc(C(C)(C)C)n2CCCN)n(C)c1=O. The molecule has 0 aliphatic rings. The fourth-order valence-electron chi connectivity index (χ4n) is 2.49. The molecule has 0 bridgehead atoms. The van der Waals surface area contributed by atoms with Gasteiger partial charge in [-0.25, -0.2) is 9.78 Å². The van der Waals surface area contributed by atoms with Gasteiger partial charge in [0.05, 0.1) is 0 Å². The summed E-state index contributed by atoms with van der Waals surface area (Å²) < 4.78 is 4.45. The summed E-state index contributed by atoms with van der Waals surface area (Å²) in [5, 5.41) is 0. The summed E-state index contributed by atoms with van der Waals surface area (Å²) in [6, 6.07) is 0. The molecule has 0 atom stereocenters. The zero-order valence-electron chi connectivity index (χ0n) is 13.3. The lowest BCUT2D eigenvalue weighted by molar-refractivity contribution is 0.497. The van der Waals surface area contributed by atoms with Gasteiger partial charge < -0.3 is 10.3 Å². The average Bonchev–Trinajstić information content (AvgIpc) is 2.80. The first-order valence-corrected chi connectivity index (χ1v) is 7.07. The fourth-order valence-corrected chi connectivity index (χ4v) is 2.49. The first-order valence-electron chi connectivity index (χ1n) is 7.07. The van der Waals surface area contributed by atoms with Crippen LogP contribution in [0.5, 0.6) is 0 Å². The summed E-state index contributed by atoms with van der Waals surface area (Å²) in [7, 11) is 3.12. The Kier molecular flexibility index (Phi) is 3.79.